The number of benzene rings is 1. The average Bonchev–Trinajstić information content (AvgIpc) is 2.53. The van der Waals surface area contributed by atoms with Crippen LogP contribution in [0.3, 0.4) is 0 Å². The van der Waals surface area contributed by atoms with Gasteiger partial charge in [-0.1, -0.05) is 0 Å². The first kappa shape index (κ1) is 18.1. The van der Waals surface area contributed by atoms with Crippen LogP contribution >= 0.6 is 0 Å². The fourth-order valence-electron chi connectivity index (χ4n) is 1.73. The van der Waals surface area contributed by atoms with Crippen LogP contribution in [0.25, 0.3) is 0 Å². The number of nitrogens with zero attached hydrogens (tertiary/aromatic N) is 2. The number of carbonyl (C=O) groups excluding carboxylic acids is 1. The summed E-state index contributed by atoms with van der Waals surface area (Å²) in [5.41, 5.74) is 0.922. The Labute approximate surface area is 143 Å². The van der Waals surface area contributed by atoms with Gasteiger partial charge in [0.2, 0.25) is 11.9 Å². The molecular weight excluding hydrogens is 348 g/mol. The molecule has 0 aliphatic rings. The van der Waals surface area contributed by atoms with E-state index in [0.717, 1.165) is 6.08 Å². The van der Waals surface area contributed by atoms with Crippen LogP contribution in [-0.4, -0.2) is 35.4 Å². The highest BCUT2D eigenvalue weighted by Gasteiger charge is 2.15. The number of carboxylic acid groups (broad SMARTS) is 1. The molecule has 0 fully saturated rings. The third-order valence-electron chi connectivity index (χ3n) is 2.83. The summed E-state index contributed by atoms with van der Waals surface area (Å²) in [6.07, 6.45) is 2.98. The molecule has 0 spiro atoms. The van der Waals surface area contributed by atoms with E-state index in [9.17, 15) is 18.0 Å². The van der Waals surface area contributed by atoms with Crippen molar-refractivity contribution in [2.75, 3.05) is 10.0 Å². The van der Waals surface area contributed by atoms with Crippen LogP contribution in [0.5, 0.6) is 0 Å². The Balaban J connectivity index is 2.10. The van der Waals surface area contributed by atoms with Gasteiger partial charge in [-0.2, -0.15) is 0 Å². The maximum absolute atomic E-state index is 12.3. The monoisotopic (exact) mass is 362 g/mol. The predicted octanol–water partition coefficient (Wildman–Crippen LogP) is 1.17. The smallest absolute Gasteiger partial charge is 0.328 e. The molecule has 10 heteroatoms. The zero-order valence-electron chi connectivity index (χ0n) is 13.0. The quantitative estimate of drug-likeness (QED) is 0.655. The molecular formula is C15H14N4O5S. The fraction of sp³-hybridized carbons (Fsp3) is 0.0667. The Morgan fingerprint density at radius 1 is 1.12 bits per heavy atom. The van der Waals surface area contributed by atoms with E-state index >= 15 is 0 Å². The van der Waals surface area contributed by atoms with Crippen molar-refractivity contribution in [3.8, 4) is 0 Å². The van der Waals surface area contributed by atoms with Crippen molar-refractivity contribution in [1.29, 1.82) is 0 Å². The van der Waals surface area contributed by atoms with E-state index in [1.165, 1.54) is 30.5 Å². The summed E-state index contributed by atoms with van der Waals surface area (Å²) in [5.74, 6) is -1.94. The number of anilines is 2. The Morgan fingerprint density at radius 3 is 2.40 bits per heavy atom. The van der Waals surface area contributed by atoms with E-state index in [2.05, 4.69) is 20.0 Å². The molecule has 2 aromatic rings. The molecule has 0 atom stereocenters. The van der Waals surface area contributed by atoms with Crippen molar-refractivity contribution in [3.63, 3.8) is 0 Å². The van der Waals surface area contributed by atoms with Crippen molar-refractivity contribution >= 4 is 33.5 Å². The molecule has 0 aliphatic heterocycles. The van der Waals surface area contributed by atoms with Crippen molar-refractivity contribution in [2.45, 2.75) is 11.8 Å². The van der Waals surface area contributed by atoms with Gasteiger partial charge in [0.05, 0.1) is 4.90 Å². The molecule has 1 aromatic heterocycles. The predicted molar refractivity (Wildman–Crippen MR) is 89.4 cm³/mol. The van der Waals surface area contributed by atoms with E-state index < -0.39 is 21.9 Å². The summed E-state index contributed by atoms with van der Waals surface area (Å²) in [6.45, 7) is 1.70. The van der Waals surface area contributed by atoms with E-state index in [1.807, 2.05) is 0 Å². The molecule has 2 rings (SSSR count). The molecule has 0 saturated carbocycles. The van der Waals surface area contributed by atoms with Crippen LogP contribution in [0, 0.1) is 6.92 Å². The highest BCUT2D eigenvalue weighted by molar-refractivity contribution is 7.92. The first-order valence-corrected chi connectivity index (χ1v) is 8.39. The lowest BCUT2D eigenvalue weighted by atomic mass is 10.3. The third kappa shape index (κ3) is 5.39. The van der Waals surface area contributed by atoms with Gasteiger partial charge < -0.3 is 10.4 Å². The first-order valence-electron chi connectivity index (χ1n) is 6.91. The normalized spacial score (nSPS) is 11.2. The minimum atomic E-state index is -3.88. The molecule has 25 heavy (non-hydrogen) atoms. The summed E-state index contributed by atoms with van der Waals surface area (Å²) in [4.78, 5) is 29.5. The number of hydrogen-bond donors (Lipinski definition) is 3. The van der Waals surface area contributed by atoms with Crippen molar-refractivity contribution in [3.05, 3.63) is 54.4 Å². The highest BCUT2D eigenvalue weighted by Crippen LogP contribution is 2.16. The Bertz CT molecular complexity index is 923. The number of amides is 1. The number of sulfonamides is 1. The molecule has 1 amide bonds. The van der Waals surface area contributed by atoms with E-state index in [-0.39, 0.29) is 10.8 Å². The number of hydrogen-bond acceptors (Lipinski definition) is 6. The molecule has 1 aromatic carbocycles. The van der Waals surface area contributed by atoms with Gasteiger partial charge in [0.25, 0.3) is 10.0 Å². The van der Waals surface area contributed by atoms with Crippen LogP contribution in [0.1, 0.15) is 5.69 Å². The molecule has 9 nitrogen and oxygen atoms in total. The second-order valence-corrected chi connectivity index (χ2v) is 6.49. The van der Waals surface area contributed by atoms with Gasteiger partial charge in [0.15, 0.2) is 0 Å². The lowest BCUT2D eigenvalue weighted by Crippen LogP contribution is -2.15. The molecule has 130 valence electrons. The summed E-state index contributed by atoms with van der Waals surface area (Å²) in [5, 5.41) is 10.8. The number of carboxylic acids is 1. The summed E-state index contributed by atoms with van der Waals surface area (Å²) >= 11 is 0. The topological polar surface area (TPSA) is 138 Å². The summed E-state index contributed by atoms with van der Waals surface area (Å²) < 4.78 is 26.8. The minimum Gasteiger partial charge on any atom is -0.478 e. The highest BCUT2D eigenvalue weighted by atomic mass is 32.2. The van der Waals surface area contributed by atoms with E-state index in [0.29, 0.717) is 17.5 Å². The maximum Gasteiger partial charge on any atom is 0.328 e. The van der Waals surface area contributed by atoms with Gasteiger partial charge in [-0.3, -0.25) is 4.79 Å². The van der Waals surface area contributed by atoms with Gasteiger partial charge >= 0.3 is 5.97 Å². The van der Waals surface area contributed by atoms with Gasteiger partial charge in [0.1, 0.15) is 0 Å². The zero-order valence-corrected chi connectivity index (χ0v) is 13.8. The van der Waals surface area contributed by atoms with Crippen molar-refractivity contribution in [1.82, 2.24) is 9.97 Å². The zero-order chi connectivity index (χ0) is 18.4. The van der Waals surface area contributed by atoms with Crippen molar-refractivity contribution < 1.29 is 23.1 Å². The molecule has 0 radical (unpaired) electrons. The SMILES string of the molecule is Cc1ccnc(NS(=O)(=O)c2ccc(NC(=O)C=CC(=O)O)cc2)n1. The number of carbonyl (C=O) groups is 2. The lowest BCUT2D eigenvalue weighted by molar-refractivity contribution is -0.131. The van der Waals surface area contributed by atoms with Crippen LogP contribution < -0.4 is 10.0 Å². The molecule has 0 bridgehead atoms. The second-order valence-electron chi connectivity index (χ2n) is 4.81. The number of nitrogens with one attached hydrogen (secondary N) is 2. The fourth-order valence-corrected chi connectivity index (χ4v) is 2.68. The van der Waals surface area contributed by atoms with Crippen molar-refractivity contribution in [2.24, 2.45) is 0 Å². The Kier molecular flexibility index (Phi) is 5.45. The third-order valence-corrected chi connectivity index (χ3v) is 4.17. The average molecular weight is 362 g/mol. The largest absolute Gasteiger partial charge is 0.478 e. The molecule has 3 N–H and O–H groups in total. The van der Waals surface area contributed by atoms with Gasteiger partial charge in [-0.15, -0.1) is 0 Å². The Hall–Kier alpha value is -3.27. The number of aryl methyl sites for hydroxylation is 1. The minimum absolute atomic E-state index is 0.0447. The lowest BCUT2D eigenvalue weighted by Gasteiger charge is -2.08. The van der Waals surface area contributed by atoms with Gasteiger partial charge in [-0.05, 0) is 37.3 Å². The second kappa shape index (κ2) is 7.53. The molecule has 0 saturated heterocycles. The van der Waals surface area contributed by atoms with Crippen LogP contribution in [0.2, 0.25) is 0 Å². The van der Waals surface area contributed by atoms with Gasteiger partial charge in [-0.25, -0.2) is 27.9 Å². The first-order chi connectivity index (χ1) is 11.8. The summed E-state index contributed by atoms with van der Waals surface area (Å²) in [7, 11) is -3.88. The summed E-state index contributed by atoms with van der Waals surface area (Å²) in [6, 6.07) is 6.95. The van der Waals surface area contributed by atoms with Gasteiger partial charge in [0, 0.05) is 29.7 Å². The number of aliphatic carboxylic acids is 1. The Morgan fingerprint density at radius 2 is 1.80 bits per heavy atom. The van der Waals surface area contributed by atoms with E-state index in [4.69, 9.17) is 5.11 Å². The standard InChI is InChI=1S/C15H14N4O5S/c1-10-8-9-16-15(17-10)19-25(23,24)12-4-2-11(3-5-12)18-13(20)6-7-14(21)22/h2-9H,1H3,(H,18,20)(H,21,22)(H,16,17,19). The number of rotatable bonds is 6. The number of aromatic nitrogens is 2. The van der Waals surface area contributed by atoms with E-state index in [1.54, 1.807) is 13.0 Å². The maximum atomic E-state index is 12.3. The van der Waals surface area contributed by atoms with Crippen LogP contribution in [-0.2, 0) is 19.6 Å². The molecule has 0 aliphatic carbocycles. The molecule has 1 heterocycles. The van der Waals surface area contributed by atoms with Crippen LogP contribution in [0.4, 0.5) is 11.6 Å². The molecule has 0 unspecified atom stereocenters. The van der Waals surface area contributed by atoms with Crippen LogP contribution in [0.15, 0.2) is 53.6 Å².